The molecule has 186 valence electrons. The highest BCUT2D eigenvalue weighted by molar-refractivity contribution is 6.23. The smallest absolute Gasteiger partial charge is 0.262 e. The van der Waals surface area contributed by atoms with Gasteiger partial charge in [-0.1, -0.05) is 6.07 Å². The highest BCUT2D eigenvalue weighted by Crippen LogP contribution is 2.63. The molecule has 3 N–H and O–H groups in total. The Balaban J connectivity index is 1.20. The Hall–Kier alpha value is -2.62. The molecule has 9 heteroatoms. The van der Waals surface area contributed by atoms with Gasteiger partial charge in [-0.2, -0.15) is 0 Å². The van der Waals surface area contributed by atoms with Crippen LogP contribution in [0.5, 0.6) is 0 Å². The minimum Gasteiger partial charge on any atom is -0.396 e. The van der Waals surface area contributed by atoms with Crippen LogP contribution in [0.1, 0.15) is 64.8 Å². The van der Waals surface area contributed by atoms with Crippen LogP contribution in [0.4, 0.5) is 0 Å². The Kier molecular flexibility index (Phi) is 5.36. The maximum Gasteiger partial charge on any atom is 0.262 e. The number of imide groups is 2. The molecule has 1 aromatic rings. The largest absolute Gasteiger partial charge is 0.396 e. The van der Waals surface area contributed by atoms with Crippen LogP contribution >= 0.6 is 0 Å². The fourth-order valence-electron chi connectivity index (χ4n) is 7.64. The zero-order valence-electron chi connectivity index (χ0n) is 19.8. The number of nitrogens with zero attached hydrogens (tertiary/aromatic N) is 2. The van der Waals surface area contributed by atoms with E-state index in [9.17, 15) is 24.3 Å². The van der Waals surface area contributed by atoms with E-state index in [1.165, 1.54) is 12.8 Å². The summed E-state index contributed by atoms with van der Waals surface area (Å²) in [5.41, 5.74) is 1.81. The van der Waals surface area contributed by atoms with Crippen molar-refractivity contribution >= 4 is 23.6 Å². The molecule has 1 aromatic carbocycles. The van der Waals surface area contributed by atoms with Crippen molar-refractivity contribution in [3.05, 3.63) is 34.9 Å². The maximum atomic E-state index is 13.2. The number of hydrogen-bond donors (Lipinski definition) is 3. The fraction of sp³-hybridized carbons (Fsp3) is 0.615. The van der Waals surface area contributed by atoms with Crippen LogP contribution in [-0.4, -0.2) is 77.4 Å². The van der Waals surface area contributed by atoms with Crippen LogP contribution in [0.2, 0.25) is 0 Å². The zero-order valence-corrected chi connectivity index (χ0v) is 19.8. The zero-order chi connectivity index (χ0) is 24.4. The Morgan fingerprint density at radius 2 is 1.71 bits per heavy atom. The van der Waals surface area contributed by atoms with Crippen LogP contribution in [0.15, 0.2) is 18.2 Å². The van der Waals surface area contributed by atoms with Crippen molar-refractivity contribution in [3.8, 4) is 0 Å². The summed E-state index contributed by atoms with van der Waals surface area (Å²) in [5.74, 6) is -1.25. The molecule has 6 aliphatic rings. The van der Waals surface area contributed by atoms with Gasteiger partial charge < -0.3 is 10.4 Å². The Bertz CT molecular complexity index is 1100. The van der Waals surface area contributed by atoms with Crippen molar-refractivity contribution in [2.75, 3.05) is 32.8 Å². The lowest BCUT2D eigenvalue weighted by Gasteiger charge is -2.66. The molecule has 4 amide bonds. The molecule has 2 bridgehead atoms. The number of fused-ring (bicyclic) bond motifs is 3. The molecule has 4 saturated heterocycles. The Labute approximate surface area is 204 Å². The van der Waals surface area contributed by atoms with E-state index in [2.05, 4.69) is 15.5 Å². The van der Waals surface area contributed by atoms with Gasteiger partial charge in [0, 0.05) is 38.1 Å². The van der Waals surface area contributed by atoms with E-state index in [1.807, 2.05) is 6.07 Å². The molecule has 5 fully saturated rings. The van der Waals surface area contributed by atoms with Gasteiger partial charge in [0.2, 0.25) is 11.8 Å². The number of rotatable bonds is 5. The molecule has 0 radical (unpaired) electrons. The van der Waals surface area contributed by atoms with Crippen LogP contribution in [0.25, 0.3) is 0 Å². The molecule has 5 aliphatic heterocycles. The van der Waals surface area contributed by atoms with Crippen LogP contribution in [-0.2, 0) is 16.1 Å². The third-order valence-corrected chi connectivity index (χ3v) is 9.00. The van der Waals surface area contributed by atoms with Gasteiger partial charge in [-0.05, 0) is 74.2 Å². The molecular formula is C26H32N4O5. The van der Waals surface area contributed by atoms with E-state index >= 15 is 0 Å². The molecule has 1 saturated carbocycles. The number of nitrogens with one attached hydrogen (secondary N) is 2. The van der Waals surface area contributed by atoms with E-state index in [1.54, 1.807) is 12.1 Å². The highest BCUT2D eigenvalue weighted by Gasteiger charge is 2.61. The van der Waals surface area contributed by atoms with Crippen molar-refractivity contribution in [1.82, 2.24) is 20.4 Å². The summed E-state index contributed by atoms with van der Waals surface area (Å²) in [4.78, 5) is 53.4. The number of benzene rings is 1. The van der Waals surface area contributed by atoms with Crippen molar-refractivity contribution in [2.45, 2.75) is 51.1 Å². The van der Waals surface area contributed by atoms with Crippen LogP contribution < -0.4 is 10.6 Å². The molecule has 9 nitrogen and oxygen atoms in total. The molecule has 7 rings (SSSR count). The summed E-state index contributed by atoms with van der Waals surface area (Å²) in [6.07, 6.45) is 4.81. The first kappa shape index (κ1) is 22.8. The number of piperidine rings is 4. The highest BCUT2D eigenvalue weighted by atomic mass is 16.3. The van der Waals surface area contributed by atoms with Gasteiger partial charge in [-0.15, -0.1) is 0 Å². The van der Waals surface area contributed by atoms with Gasteiger partial charge in [0.25, 0.3) is 11.8 Å². The lowest BCUT2D eigenvalue weighted by atomic mass is 9.45. The molecule has 1 unspecified atom stereocenters. The van der Waals surface area contributed by atoms with Crippen molar-refractivity contribution in [2.24, 2.45) is 16.7 Å². The molecule has 35 heavy (non-hydrogen) atoms. The van der Waals surface area contributed by atoms with Gasteiger partial charge in [-0.25, -0.2) is 0 Å². The second kappa shape index (κ2) is 8.21. The molecule has 5 heterocycles. The molecule has 0 aromatic heterocycles. The second-order valence-electron chi connectivity index (χ2n) is 11.4. The van der Waals surface area contributed by atoms with E-state index < -0.39 is 23.8 Å². The Morgan fingerprint density at radius 3 is 2.43 bits per heavy atom. The quantitative estimate of drug-likeness (QED) is 0.530. The number of carbonyl (C=O) groups excluding carboxylic acids is 4. The molecule has 1 aliphatic carbocycles. The number of aliphatic hydroxyl groups excluding tert-OH is 1. The maximum absolute atomic E-state index is 13.2. The summed E-state index contributed by atoms with van der Waals surface area (Å²) >= 11 is 0. The summed E-state index contributed by atoms with van der Waals surface area (Å²) < 4.78 is 0. The number of hydrogen-bond acceptors (Lipinski definition) is 7. The molecule has 1 atom stereocenters. The first-order chi connectivity index (χ1) is 16.8. The van der Waals surface area contributed by atoms with Crippen molar-refractivity contribution < 1.29 is 24.3 Å². The molecule has 0 spiro atoms. The number of carbonyl (C=O) groups is 4. The third-order valence-electron chi connectivity index (χ3n) is 9.00. The predicted molar refractivity (Wildman–Crippen MR) is 125 cm³/mol. The summed E-state index contributed by atoms with van der Waals surface area (Å²) in [5, 5.41) is 15.9. The fourth-order valence-corrected chi connectivity index (χ4v) is 7.64. The van der Waals surface area contributed by atoms with Gasteiger partial charge in [-0.3, -0.25) is 34.3 Å². The first-order valence-electron chi connectivity index (χ1n) is 12.7. The SMILES string of the molecule is O=C1CCC(N2C(=O)c3ccc(CN4CC5(CO)CC(C6CCNCC6)(C4)C5)cc3C2=O)C(=O)N1. The minimum absolute atomic E-state index is 0.0335. The van der Waals surface area contributed by atoms with Crippen molar-refractivity contribution in [1.29, 1.82) is 0 Å². The third kappa shape index (κ3) is 3.63. The standard InChI is InChI=1S/C26H32N4O5/c31-15-25-11-26(12-25,17-5-7-27-8-6-17)14-29(13-25)10-16-1-2-18-19(9-16)24(35)30(23(18)34)20-3-4-21(32)28-22(20)33/h1-2,9,17,20,27,31H,3-8,10-15H2,(H,28,32,33). The minimum atomic E-state index is -0.952. The van der Waals surface area contributed by atoms with E-state index in [4.69, 9.17) is 0 Å². The van der Waals surface area contributed by atoms with Gasteiger partial charge in [0.1, 0.15) is 6.04 Å². The number of amides is 4. The van der Waals surface area contributed by atoms with Gasteiger partial charge >= 0.3 is 0 Å². The van der Waals surface area contributed by atoms with Gasteiger partial charge in [0.05, 0.1) is 11.1 Å². The topological polar surface area (TPSA) is 119 Å². The monoisotopic (exact) mass is 480 g/mol. The second-order valence-corrected chi connectivity index (χ2v) is 11.4. The Morgan fingerprint density at radius 1 is 0.971 bits per heavy atom. The van der Waals surface area contributed by atoms with E-state index in [0.29, 0.717) is 23.6 Å². The number of aliphatic hydroxyl groups is 1. The van der Waals surface area contributed by atoms with Gasteiger partial charge in [0.15, 0.2) is 0 Å². The average molecular weight is 481 g/mol. The predicted octanol–water partition coefficient (Wildman–Crippen LogP) is 0.662. The lowest BCUT2D eigenvalue weighted by Crippen LogP contribution is -2.67. The van der Waals surface area contributed by atoms with Crippen LogP contribution in [0, 0.1) is 16.7 Å². The summed E-state index contributed by atoms with van der Waals surface area (Å²) in [7, 11) is 0. The first-order valence-corrected chi connectivity index (χ1v) is 12.7. The van der Waals surface area contributed by atoms with E-state index in [0.717, 1.165) is 49.5 Å². The lowest BCUT2D eigenvalue weighted by molar-refractivity contribution is -0.188. The average Bonchev–Trinajstić information content (AvgIpc) is 3.08. The van der Waals surface area contributed by atoms with E-state index in [-0.39, 0.29) is 36.2 Å². The van der Waals surface area contributed by atoms with Crippen LogP contribution in [0.3, 0.4) is 0 Å². The summed E-state index contributed by atoms with van der Waals surface area (Å²) in [6, 6.07) is 4.41. The van der Waals surface area contributed by atoms with Crippen molar-refractivity contribution in [3.63, 3.8) is 0 Å². The summed E-state index contributed by atoms with van der Waals surface area (Å²) in [6.45, 7) is 4.80. The molecular weight excluding hydrogens is 448 g/mol. The normalized spacial score (nSPS) is 33.5.